The Hall–Kier alpha value is -1.86. The van der Waals surface area contributed by atoms with Crippen LogP contribution in [0.4, 0.5) is 4.39 Å². The van der Waals surface area contributed by atoms with Gasteiger partial charge in [-0.05, 0) is 23.1 Å². The van der Waals surface area contributed by atoms with Gasteiger partial charge in [-0.15, -0.1) is 0 Å². The highest BCUT2D eigenvalue weighted by Gasteiger charge is 2.30. The highest BCUT2D eigenvalue weighted by atomic mass is 32.2. The molecule has 0 bridgehead atoms. The Morgan fingerprint density at radius 2 is 2.17 bits per heavy atom. The molecule has 4 rings (SSSR count). The Morgan fingerprint density at radius 1 is 1.33 bits per heavy atom. The second-order valence-corrected chi connectivity index (χ2v) is 6.81. The van der Waals surface area contributed by atoms with Gasteiger partial charge in [-0.3, -0.25) is 9.79 Å². The molecule has 0 unspecified atom stereocenters. The summed E-state index contributed by atoms with van der Waals surface area (Å²) in [5.41, 5.74) is 1.93. The molecule has 1 amide bonds. The number of hydrogen-bond donors (Lipinski definition) is 0. The molecular formula is C17H18FN3O2S. The van der Waals surface area contributed by atoms with E-state index in [1.54, 1.807) is 23.9 Å². The van der Waals surface area contributed by atoms with Gasteiger partial charge in [0.1, 0.15) is 11.9 Å². The molecule has 0 aromatic heterocycles. The minimum absolute atomic E-state index is 0.102. The van der Waals surface area contributed by atoms with Gasteiger partial charge in [0.15, 0.2) is 5.17 Å². The Labute approximate surface area is 144 Å². The van der Waals surface area contributed by atoms with Gasteiger partial charge in [0, 0.05) is 18.8 Å². The third-order valence-electron chi connectivity index (χ3n) is 4.44. The molecule has 0 N–H and O–H groups in total. The summed E-state index contributed by atoms with van der Waals surface area (Å²) in [5, 5.41) is 3.03. The molecule has 126 valence electrons. The van der Waals surface area contributed by atoms with Crippen LogP contribution in [0.3, 0.4) is 0 Å². The van der Waals surface area contributed by atoms with Gasteiger partial charge < -0.3 is 14.5 Å². The van der Waals surface area contributed by atoms with Gasteiger partial charge in [0.2, 0.25) is 5.91 Å². The van der Waals surface area contributed by atoms with Crippen molar-refractivity contribution in [3.8, 4) is 0 Å². The van der Waals surface area contributed by atoms with Gasteiger partial charge >= 0.3 is 0 Å². The molecule has 1 saturated heterocycles. The highest BCUT2D eigenvalue weighted by Crippen LogP contribution is 2.31. The summed E-state index contributed by atoms with van der Waals surface area (Å²) in [6.07, 6.45) is 0.196. The van der Waals surface area contributed by atoms with Gasteiger partial charge in [0.05, 0.1) is 26.1 Å². The molecule has 0 spiro atoms. The average Bonchev–Trinajstić information content (AvgIpc) is 3.21. The summed E-state index contributed by atoms with van der Waals surface area (Å²) in [7, 11) is 0. The van der Waals surface area contributed by atoms with Crippen LogP contribution in [0, 0.1) is 5.82 Å². The van der Waals surface area contributed by atoms with Crippen molar-refractivity contribution in [2.45, 2.75) is 12.5 Å². The largest absolute Gasteiger partial charge is 0.370 e. The number of morpholine rings is 1. The van der Waals surface area contributed by atoms with E-state index in [4.69, 9.17) is 4.74 Å². The lowest BCUT2D eigenvalue weighted by atomic mass is 10.1. The third-order valence-corrected chi connectivity index (χ3v) is 5.39. The minimum Gasteiger partial charge on any atom is -0.370 e. The summed E-state index contributed by atoms with van der Waals surface area (Å²) in [4.78, 5) is 21.0. The van der Waals surface area contributed by atoms with Gasteiger partial charge in [-0.2, -0.15) is 0 Å². The fraction of sp³-hybridized carbons (Fsp3) is 0.412. The molecule has 1 aromatic rings. The van der Waals surface area contributed by atoms with Crippen LogP contribution < -0.4 is 0 Å². The second kappa shape index (κ2) is 6.57. The van der Waals surface area contributed by atoms with E-state index in [9.17, 15) is 9.18 Å². The maximum atomic E-state index is 13.1. The van der Waals surface area contributed by atoms with Crippen molar-refractivity contribution in [2.75, 3.05) is 32.8 Å². The van der Waals surface area contributed by atoms with Crippen LogP contribution in [0.25, 0.3) is 0 Å². The molecule has 0 aliphatic carbocycles. The lowest BCUT2D eigenvalue weighted by Gasteiger charge is -2.33. The molecule has 1 aromatic carbocycles. The maximum Gasteiger partial charge on any atom is 0.228 e. The SMILES string of the molecule is O=C(CC1=CSC2=NCCN12)N1CCO[C@@H](c2ccc(F)cc2)C1. The first-order valence-electron chi connectivity index (χ1n) is 8.03. The minimum atomic E-state index is -0.267. The van der Waals surface area contributed by atoms with Crippen molar-refractivity contribution >= 4 is 22.8 Å². The van der Waals surface area contributed by atoms with Gasteiger partial charge in [-0.25, -0.2) is 4.39 Å². The van der Waals surface area contributed by atoms with E-state index in [0.29, 0.717) is 26.1 Å². The molecule has 1 atom stereocenters. The van der Waals surface area contributed by atoms with Crippen molar-refractivity contribution in [3.63, 3.8) is 0 Å². The molecular weight excluding hydrogens is 329 g/mol. The predicted molar refractivity (Wildman–Crippen MR) is 91.0 cm³/mol. The first-order chi connectivity index (χ1) is 11.7. The van der Waals surface area contributed by atoms with Crippen molar-refractivity contribution < 1.29 is 13.9 Å². The number of benzene rings is 1. The Balaban J connectivity index is 1.39. The number of carbonyl (C=O) groups excluding carboxylic acids is 1. The van der Waals surface area contributed by atoms with E-state index in [-0.39, 0.29) is 17.8 Å². The molecule has 7 heteroatoms. The molecule has 3 heterocycles. The topological polar surface area (TPSA) is 45.1 Å². The zero-order chi connectivity index (χ0) is 16.5. The van der Waals surface area contributed by atoms with Crippen LogP contribution in [0.15, 0.2) is 40.4 Å². The zero-order valence-corrected chi connectivity index (χ0v) is 14.0. The number of aliphatic imine (C=N–C) groups is 1. The third kappa shape index (κ3) is 3.06. The number of halogens is 1. The fourth-order valence-corrected chi connectivity index (χ4v) is 4.09. The van der Waals surface area contributed by atoms with Crippen molar-refractivity contribution in [3.05, 3.63) is 46.8 Å². The average molecular weight is 347 g/mol. The number of amidine groups is 1. The lowest BCUT2D eigenvalue weighted by molar-refractivity contribution is -0.138. The number of hydrogen-bond acceptors (Lipinski definition) is 5. The van der Waals surface area contributed by atoms with E-state index < -0.39 is 0 Å². The molecule has 0 radical (unpaired) electrons. The number of carbonyl (C=O) groups is 1. The summed E-state index contributed by atoms with van der Waals surface area (Å²) < 4.78 is 18.8. The maximum absolute atomic E-state index is 13.1. The van der Waals surface area contributed by atoms with Crippen molar-refractivity contribution in [1.29, 1.82) is 0 Å². The quantitative estimate of drug-likeness (QED) is 0.842. The number of ether oxygens (including phenoxy) is 1. The number of fused-ring (bicyclic) bond motifs is 1. The molecule has 0 saturated carbocycles. The van der Waals surface area contributed by atoms with Gasteiger partial charge in [-0.1, -0.05) is 23.9 Å². The van der Waals surface area contributed by atoms with Crippen LogP contribution in [0.5, 0.6) is 0 Å². The molecule has 24 heavy (non-hydrogen) atoms. The zero-order valence-electron chi connectivity index (χ0n) is 13.2. The van der Waals surface area contributed by atoms with Crippen molar-refractivity contribution in [2.24, 2.45) is 4.99 Å². The van der Waals surface area contributed by atoms with Crippen LogP contribution in [0.1, 0.15) is 18.1 Å². The van der Waals surface area contributed by atoms with Crippen LogP contribution in [-0.4, -0.2) is 53.7 Å². The van der Waals surface area contributed by atoms with E-state index >= 15 is 0 Å². The summed E-state index contributed by atoms with van der Waals surface area (Å²) in [6, 6.07) is 6.29. The monoisotopic (exact) mass is 347 g/mol. The summed E-state index contributed by atoms with van der Waals surface area (Å²) >= 11 is 1.59. The van der Waals surface area contributed by atoms with Crippen LogP contribution in [0.2, 0.25) is 0 Å². The normalized spacial score (nSPS) is 23.1. The Kier molecular flexibility index (Phi) is 4.28. The van der Waals surface area contributed by atoms with Crippen LogP contribution >= 0.6 is 11.8 Å². The standard InChI is InChI=1S/C17H18FN3O2S/c18-13-3-1-12(2-4-13)15-10-20(7-8-23-15)16(22)9-14-11-24-17-19-5-6-21(14)17/h1-4,11,15H,5-10H2/t15-/m1/s1. The highest BCUT2D eigenvalue weighted by molar-refractivity contribution is 8.16. The van der Waals surface area contributed by atoms with Gasteiger partial charge in [0.25, 0.3) is 0 Å². The number of thioether (sulfide) groups is 1. The van der Waals surface area contributed by atoms with E-state index in [1.165, 1.54) is 12.1 Å². The Morgan fingerprint density at radius 3 is 3.00 bits per heavy atom. The number of rotatable bonds is 3. The lowest BCUT2D eigenvalue weighted by Crippen LogP contribution is -2.42. The Bertz CT molecular complexity index is 704. The number of amides is 1. The van der Waals surface area contributed by atoms with Crippen LogP contribution in [-0.2, 0) is 9.53 Å². The first-order valence-corrected chi connectivity index (χ1v) is 8.91. The molecule has 3 aliphatic rings. The molecule has 5 nitrogen and oxygen atoms in total. The van der Waals surface area contributed by atoms with Crippen molar-refractivity contribution in [1.82, 2.24) is 9.80 Å². The second-order valence-electron chi connectivity index (χ2n) is 5.97. The fourth-order valence-electron chi connectivity index (χ4n) is 3.14. The van der Waals surface area contributed by atoms with E-state index in [1.807, 2.05) is 10.3 Å². The van der Waals surface area contributed by atoms with E-state index in [0.717, 1.165) is 29.5 Å². The predicted octanol–water partition coefficient (Wildman–Crippen LogP) is 2.38. The first kappa shape index (κ1) is 15.7. The molecule has 3 aliphatic heterocycles. The molecule has 1 fully saturated rings. The smallest absolute Gasteiger partial charge is 0.228 e. The summed E-state index contributed by atoms with van der Waals surface area (Å²) in [5.74, 6) is -0.165. The van der Waals surface area contributed by atoms with E-state index in [2.05, 4.69) is 9.89 Å². The summed E-state index contributed by atoms with van der Waals surface area (Å²) in [6.45, 7) is 3.27. The number of nitrogens with zero attached hydrogens (tertiary/aromatic N) is 3.